The van der Waals surface area contributed by atoms with E-state index in [-0.39, 0.29) is 12.4 Å². The van der Waals surface area contributed by atoms with Crippen LogP contribution in [0, 0.1) is 0 Å². The van der Waals surface area contributed by atoms with Crippen LogP contribution in [0.3, 0.4) is 0 Å². The molecule has 17 heavy (non-hydrogen) atoms. The van der Waals surface area contributed by atoms with E-state index in [1.54, 1.807) is 23.0 Å². The SMILES string of the molecule is COc1c(CO)cnn1Cc1ccccc1O. The Morgan fingerprint density at radius 1 is 1.29 bits per heavy atom. The lowest BCUT2D eigenvalue weighted by Gasteiger charge is -2.08. The zero-order valence-electron chi connectivity index (χ0n) is 9.50. The number of para-hydroxylation sites is 1. The van der Waals surface area contributed by atoms with Gasteiger partial charge < -0.3 is 14.9 Å². The zero-order valence-corrected chi connectivity index (χ0v) is 9.50. The maximum Gasteiger partial charge on any atom is 0.217 e. The van der Waals surface area contributed by atoms with E-state index in [2.05, 4.69) is 5.10 Å². The fraction of sp³-hybridized carbons (Fsp3) is 0.250. The van der Waals surface area contributed by atoms with Crippen molar-refractivity contribution in [3.63, 3.8) is 0 Å². The number of aromatic hydroxyl groups is 1. The van der Waals surface area contributed by atoms with Gasteiger partial charge in [0.2, 0.25) is 5.88 Å². The van der Waals surface area contributed by atoms with Gasteiger partial charge in [0, 0.05) is 5.56 Å². The number of aromatic nitrogens is 2. The summed E-state index contributed by atoms with van der Waals surface area (Å²) in [6, 6.07) is 7.05. The van der Waals surface area contributed by atoms with Crippen LogP contribution in [0.25, 0.3) is 0 Å². The Labute approximate surface area is 98.9 Å². The highest BCUT2D eigenvalue weighted by Crippen LogP contribution is 2.22. The van der Waals surface area contributed by atoms with Crippen molar-refractivity contribution in [2.24, 2.45) is 0 Å². The molecule has 0 aliphatic rings. The van der Waals surface area contributed by atoms with Crippen molar-refractivity contribution in [1.82, 2.24) is 9.78 Å². The van der Waals surface area contributed by atoms with Crippen LogP contribution >= 0.6 is 0 Å². The van der Waals surface area contributed by atoms with Crippen molar-refractivity contribution in [2.75, 3.05) is 7.11 Å². The number of benzene rings is 1. The Kier molecular flexibility index (Phi) is 3.30. The van der Waals surface area contributed by atoms with Crippen LogP contribution in [-0.2, 0) is 13.2 Å². The van der Waals surface area contributed by atoms with E-state index in [0.717, 1.165) is 5.56 Å². The van der Waals surface area contributed by atoms with Crippen molar-refractivity contribution >= 4 is 0 Å². The summed E-state index contributed by atoms with van der Waals surface area (Å²) in [6.45, 7) is 0.278. The van der Waals surface area contributed by atoms with Gasteiger partial charge in [0.25, 0.3) is 0 Å². The lowest BCUT2D eigenvalue weighted by molar-refractivity contribution is 0.270. The number of methoxy groups -OCH3 is 1. The van der Waals surface area contributed by atoms with Gasteiger partial charge >= 0.3 is 0 Å². The molecular weight excluding hydrogens is 220 g/mol. The maximum absolute atomic E-state index is 9.67. The molecule has 2 N–H and O–H groups in total. The van der Waals surface area contributed by atoms with E-state index >= 15 is 0 Å². The van der Waals surface area contributed by atoms with E-state index in [1.165, 1.54) is 7.11 Å². The standard InChI is InChI=1S/C12H14N2O3/c1-17-12-10(8-15)6-13-14(12)7-9-4-2-3-5-11(9)16/h2-6,15-16H,7-8H2,1H3. The predicted molar refractivity (Wildman–Crippen MR) is 61.9 cm³/mol. The molecule has 1 aromatic heterocycles. The van der Waals surface area contributed by atoms with Crippen LogP contribution < -0.4 is 4.74 Å². The molecule has 0 unspecified atom stereocenters. The molecule has 2 aromatic rings. The Morgan fingerprint density at radius 2 is 2.06 bits per heavy atom. The molecule has 5 heteroatoms. The number of ether oxygens (including phenoxy) is 1. The van der Waals surface area contributed by atoms with Crippen molar-refractivity contribution in [1.29, 1.82) is 0 Å². The second kappa shape index (κ2) is 4.88. The molecular formula is C12H14N2O3. The van der Waals surface area contributed by atoms with E-state index in [4.69, 9.17) is 9.84 Å². The van der Waals surface area contributed by atoms with Crippen LogP contribution in [-0.4, -0.2) is 27.1 Å². The largest absolute Gasteiger partial charge is 0.508 e. The van der Waals surface area contributed by atoms with Gasteiger partial charge in [-0.2, -0.15) is 5.10 Å². The topological polar surface area (TPSA) is 67.5 Å². The van der Waals surface area contributed by atoms with Crippen LogP contribution in [0.15, 0.2) is 30.5 Å². The third-order valence-electron chi connectivity index (χ3n) is 2.54. The third kappa shape index (κ3) is 2.24. The average Bonchev–Trinajstić information content (AvgIpc) is 2.74. The van der Waals surface area contributed by atoms with E-state index in [9.17, 15) is 5.11 Å². The van der Waals surface area contributed by atoms with Crippen molar-refractivity contribution < 1.29 is 14.9 Å². The van der Waals surface area contributed by atoms with Crippen LogP contribution in [0.4, 0.5) is 0 Å². The Hall–Kier alpha value is -2.01. The Morgan fingerprint density at radius 3 is 2.71 bits per heavy atom. The zero-order chi connectivity index (χ0) is 12.3. The summed E-state index contributed by atoms with van der Waals surface area (Å²) in [5, 5.41) is 22.9. The first-order valence-corrected chi connectivity index (χ1v) is 5.22. The number of hydrogen-bond donors (Lipinski definition) is 2. The van der Waals surface area contributed by atoms with E-state index in [0.29, 0.717) is 18.0 Å². The molecule has 1 aromatic carbocycles. The smallest absolute Gasteiger partial charge is 0.217 e. The minimum absolute atomic E-state index is 0.121. The first kappa shape index (κ1) is 11.5. The van der Waals surface area contributed by atoms with Crippen molar-refractivity contribution in [3.05, 3.63) is 41.6 Å². The number of phenolic OH excluding ortho intramolecular Hbond substituents is 1. The number of aliphatic hydroxyl groups is 1. The fourth-order valence-corrected chi connectivity index (χ4v) is 1.68. The minimum atomic E-state index is -0.121. The summed E-state index contributed by atoms with van der Waals surface area (Å²) in [5.41, 5.74) is 1.38. The molecule has 90 valence electrons. The minimum Gasteiger partial charge on any atom is -0.508 e. The second-order valence-electron chi connectivity index (χ2n) is 3.62. The van der Waals surface area contributed by atoms with Gasteiger partial charge in [0.1, 0.15) is 5.75 Å². The average molecular weight is 234 g/mol. The van der Waals surface area contributed by atoms with Gasteiger partial charge in [0.05, 0.1) is 32.0 Å². The molecule has 0 aliphatic heterocycles. The molecule has 2 rings (SSSR count). The molecule has 0 bridgehead atoms. The fourth-order valence-electron chi connectivity index (χ4n) is 1.68. The van der Waals surface area contributed by atoms with Gasteiger partial charge in [-0.1, -0.05) is 18.2 Å². The Balaban J connectivity index is 2.30. The van der Waals surface area contributed by atoms with Crippen molar-refractivity contribution in [2.45, 2.75) is 13.2 Å². The van der Waals surface area contributed by atoms with Crippen LogP contribution in [0.1, 0.15) is 11.1 Å². The molecule has 0 aliphatic carbocycles. The summed E-state index contributed by atoms with van der Waals surface area (Å²) < 4.78 is 6.78. The maximum atomic E-state index is 9.67. The quantitative estimate of drug-likeness (QED) is 0.832. The molecule has 0 fully saturated rings. The molecule has 0 radical (unpaired) electrons. The molecule has 0 spiro atoms. The highest BCUT2D eigenvalue weighted by Gasteiger charge is 2.11. The monoisotopic (exact) mass is 234 g/mol. The highest BCUT2D eigenvalue weighted by atomic mass is 16.5. The lowest BCUT2D eigenvalue weighted by atomic mass is 10.2. The van der Waals surface area contributed by atoms with E-state index in [1.807, 2.05) is 12.1 Å². The van der Waals surface area contributed by atoms with Crippen molar-refractivity contribution in [3.8, 4) is 11.6 Å². The Bertz CT molecular complexity index is 508. The normalized spacial score (nSPS) is 10.5. The molecule has 5 nitrogen and oxygen atoms in total. The number of aliphatic hydroxyl groups excluding tert-OH is 1. The summed E-state index contributed by atoms with van der Waals surface area (Å²) in [6.07, 6.45) is 1.55. The first-order valence-electron chi connectivity index (χ1n) is 5.22. The third-order valence-corrected chi connectivity index (χ3v) is 2.54. The highest BCUT2D eigenvalue weighted by molar-refractivity contribution is 5.33. The lowest BCUT2D eigenvalue weighted by Crippen LogP contribution is -2.05. The summed E-state index contributed by atoms with van der Waals surface area (Å²) >= 11 is 0. The predicted octanol–water partition coefficient (Wildman–Crippen LogP) is 1.14. The summed E-state index contributed by atoms with van der Waals surface area (Å²) in [7, 11) is 1.53. The number of hydrogen-bond acceptors (Lipinski definition) is 4. The van der Waals surface area contributed by atoms with Gasteiger partial charge in [-0.3, -0.25) is 0 Å². The van der Waals surface area contributed by atoms with E-state index < -0.39 is 0 Å². The van der Waals surface area contributed by atoms with Crippen LogP contribution in [0.5, 0.6) is 11.6 Å². The second-order valence-corrected chi connectivity index (χ2v) is 3.62. The number of phenols is 1. The molecule has 0 saturated carbocycles. The number of nitrogens with zero attached hydrogens (tertiary/aromatic N) is 2. The molecule has 0 amide bonds. The molecule has 0 atom stereocenters. The van der Waals surface area contributed by atoms with Gasteiger partial charge in [0.15, 0.2) is 0 Å². The number of rotatable bonds is 4. The van der Waals surface area contributed by atoms with Gasteiger partial charge in [-0.25, -0.2) is 4.68 Å². The van der Waals surface area contributed by atoms with Gasteiger partial charge in [-0.15, -0.1) is 0 Å². The summed E-state index contributed by atoms with van der Waals surface area (Å²) in [4.78, 5) is 0. The molecule has 0 saturated heterocycles. The summed E-state index contributed by atoms with van der Waals surface area (Å²) in [5.74, 6) is 0.728. The first-order chi connectivity index (χ1) is 8.26. The van der Waals surface area contributed by atoms with Crippen LogP contribution in [0.2, 0.25) is 0 Å². The molecule has 1 heterocycles. The van der Waals surface area contributed by atoms with Gasteiger partial charge in [-0.05, 0) is 6.07 Å².